The van der Waals surface area contributed by atoms with Crippen molar-refractivity contribution in [3.05, 3.63) is 23.8 Å². The van der Waals surface area contributed by atoms with Gasteiger partial charge in [-0.2, -0.15) is 0 Å². The Labute approximate surface area is 141 Å². The molecule has 0 N–H and O–H groups in total. The van der Waals surface area contributed by atoms with E-state index in [-0.39, 0.29) is 17.7 Å². The van der Waals surface area contributed by atoms with E-state index in [0.29, 0.717) is 24.3 Å². The van der Waals surface area contributed by atoms with Gasteiger partial charge in [0, 0.05) is 6.42 Å². The van der Waals surface area contributed by atoms with Gasteiger partial charge in [0.1, 0.15) is 11.4 Å². The van der Waals surface area contributed by atoms with Crippen LogP contribution in [0.2, 0.25) is 0 Å². The number of carbonyl (C=O) groups is 2. The van der Waals surface area contributed by atoms with Gasteiger partial charge in [-0.05, 0) is 49.8 Å². The third-order valence-corrected chi connectivity index (χ3v) is 6.24. The van der Waals surface area contributed by atoms with Gasteiger partial charge in [0.25, 0.3) is 0 Å². The molecule has 1 saturated heterocycles. The molecule has 2 saturated carbocycles. The van der Waals surface area contributed by atoms with Crippen molar-refractivity contribution in [3.63, 3.8) is 0 Å². The van der Waals surface area contributed by atoms with Gasteiger partial charge in [0.05, 0.1) is 25.6 Å². The molecule has 5 nitrogen and oxygen atoms in total. The summed E-state index contributed by atoms with van der Waals surface area (Å²) in [7, 11) is 3.21. The van der Waals surface area contributed by atoms with Gasteiger partial charge in [-0.3, -0.25) is 9.59 Å². The van der Waals surface area contributed by atoms with Gasteiger partial charge in [-0.1, -0.05) is 6.07 Å². The lowest BCUT2D eigenvalue weighted by atomic mass is 9.57. The molecule has 1 aliphatic heterocycles. The molecule has 128 valence electrons. The lowest BCUT2D eigenvalue weighted by Gasteiger charge is -2.54. The smallest absolute Gasteiger partial charge is 0.313 e. The van der Waals surface area contributed by atoms with Gasteiger partial charge in [0.2, 0.25) is 0 Å². The molecule has 1 aromatic carbocycles. The van der Waals surface area contributed by atoms with E-state index in [1.807, 2.05) is 18.2 Å². The topological polar surface area (TPSA) is 61.8 Å². The first-order chi connectivity index (χ1) is 11.6. The van der Waals surface area contributed by atoms with E-state index >= 15 is 0 Å². The highest BCUT2D eigenvalue weighted by Gasteiger charge is 2.74. The third kappa shape index (κ3) is 1.81. The molecule has 2 aliphatic carbocycles. The number of rotatable bonds is 4. The van der Waals surface area contributed by atoms with Crippen molar-refractivity contribution in [1.29, 1.82) is 0 Å². The number of benzene rings is 1. The summed E-state index contributed by atoms with van der Waals surface area (Å²) in [5.74, 6) is 1.35. The number of ketones is 1. The Morgan fingerprint density at radius 2 is 1.96 bits per heavy atom. The van der Waals surface area contributed by atoms with Crippen LogP contribution in [0.25, 0.3) is 0 Å². The number of ether oxygens (including phenoxy) is 3. The zero-order valence-electron chi connectivity index (χ0n) is 14.1. The van der Waals surface area contributed by atoms with Crippen molar-refractivity contribution in [3.8, 4) is 11.5 Å². The molecule has 0 amide bonds. The van der Waals surface area contributed by atoms with Crippen molar-refractivity contribution in [2.45, 2.75) is 44.1 Å². The summed E-state index contributed by atoms with van der Waals surface area (Å²) in [5, 5.41) is 0. The van der Waals surface area contributed by atoms with E-state index in [4.69, 9.17) is 14.2 Å². The lowest BCUT2D eigenvalue weighted by Crippen LogP contribution is -2.66. The zero-order chi connectivity index (χ0) is 16.9. The van der Waals surface area contributed by atoms with Crippen LogP contribution in [-0.4, -0.2) is 31.6 Å². The highest BCUT2D eigenvalue weighted by Crippen LogP contribution is 2.64. The maximum atomic E-state index is 12.9. The molecule has 4 rings (SSSR count). The van der Waals surface area contributed by atoms with Gasteiger partial charge in [-0.25, -0.2) is 0 Å². The maximum absolute atomic E-state index is 12.9. The van der Waals surface area contributed by atoms with Crippen LogP contribution >= 0.6 is 0 Å². The Morgan fingerprint density at radius 1 is 1.17 bits per heavy atom. The van der Waals surface area contributed by atoms with E-state index in [1.165, 1.54) is 0 Å². The molecule has 1 spiro atoms. The van der Waals surface area contributed by atoms with Crippen molar-refractivity contribution in [2.24, 2.45) is 11.3 Å². The van der Waals surface area contributed by atoms with Crippen LogP contribution in [0.4, 0.5) is 0 Å². The molecule has 0 radical (unpaired) electrons. The van der Waals surface area contributed by atoms with Gasteiger partial charge in [-0.15, -0.1) is 0 Å². The molecular weight excluding hydrogens is 308 g/mol. The molecule has 1 aromatic rings. The van der Waals surface area contributed by atoms with Crippen LogP contribution in [0.1, 0.15) is 37.7 Å². The Balaban J connectivity index is 1.72. The van der Waals surface area contributed by atoms with E-state index in [0.717, 1.165) is 31.2 Å². The first-order valence-electron chi connectivity index (χ1n) is 8.53. The maximum Gasteiger partial charge on any atom is 0.313 e. The Hall–Kier alpha value is -2.04. The molecule has 3 atom stereocenters. The highest BCUT2D eigenvalue weighted by atomic mass is 16.6. The first-order valence-corrected chi connectivity index (χ1v) is 8.53. The molecule has 5 heteroatoms. The standard InChI is InChI=1S/C19H22O5/c1-22-14-6-5-12(10-15(14)23-2)11-18-9-7-13-17(21)24-19(13,18)8-3-4-16(18)20/h5-6,10,13H,3-4,7-9,11H2,1-2H3/t13-,18+,19+/m1/s1. The average Bonchev–Trinajstić information content (AvgIpc) is 2.84. The molecule has 0 unspecified atom stereocenters. The van der Waals surface area contributed by atoms with E-state index in [2.05, 4.69) is 0 Å². The monoisotopic (exact) mass is 330 g/mol. The van der Waals surface area contributed by atoms with Crippen LogP contribution in [0, 0.1) is 11.3 Å². The van der Waals surface area contributed by atoms with Gasteiger partial charge >= 0.3 is 5.97 Å². The molecule has 0 aromatic heterocycles. The van der Waals surface area contributed by atoms with Crippen LogP contribution < -0.4 is 9.47 Å². The summed E-state index contributed by atoms with van der Waals surface area (Å²) in [6.45, 7) is 0. The quantitative estimate of drug-likeness (QED) is 0.794. The van der Waals surface area contributed by atoms with Crippen molar-refractivity contribution >= 4 is 11.8 Å². The average molecular weight is 330 g/mol. The summed E-state index contributed by atoms with van der Waals surface area (Å²) in [6, 6.07) is 5.76. The lowest BCUT2D eigenvalue weighted by molar-refractivity contribution is -0.234. The fourth-order valence-electron chi connectivity index (χ4n) is 5.11. The summed E-state index contributed by atoms with van der Waals surface area (Å²) in [4.78, 5) is 24.8. The Bertz CT molecular complexity index is 712. The number of methoxy groups -OCH3 is 2. The molecule has 3 aliphatic rings. The van der Waals surface area contributed by atoms with Gasteiger partial charge < -0.3 is 14.2 Å². The Morgan fingerprint density at radius 3 is 2.67 bits per heavy atom. The van der Waals surface area contributed by atoms with E-state index in [1.54, 1.807) is 14.2 Å². The SMILES string of the molecule is COc1ccc(C[C@]23CC[C@@H]4C(=O)O[C@@]42CCCC3=O)cc1OC. The second kappa shape index (κ2) is 5.23. The minimum Gasteiger partial charge on any atom is -0.493 e. The first kappa shape index (κ1) is 15.5. The zero-order valence-corrected chi connectivity index (χ0v) is 14.1. The van der Waals surface area contributed by atoms with E-state index < -0.39 is 11.0 Å². The van der Waals surface area contributed by atoms with Crippen LogP contribution in [0.15, 0.2) is 18.2 Å². The summed E-state index contributed by atoms with van der Waals surface area (Å²) in [6.07, 6.45) is 4.29. The molecule has 3 fully saturated rings. The third-order valence-electron chi connectivity index (χ3n) is 6.24. The predicted molar refractivity (Wildman–Crippen MR) is 86.1 cm³/mol. The van der Waals surface area contributed by atoms with Crippen LogP contribution in [0.5, 0.6) is 11.5 Å². The minimum absolute atomic E-state index is 0.0955. The van der Waals surface area contributed by atoms with Crippen molar-refractivity contribution in [2.75, 3.05) is 14.2 Å². The number of hydrogen-bond donors (Lipinski definition) is 0. The van der Waals surface area contributed by atoms with Crippen LogP contribution in [-0.2, 0) is 20.7 Å². The number of carbonyl (C=O) groups excluding carboxylic acids is 2. The minimum atomic E-state index is -0.566. The fourth-order valence-corrected chi connectivity index (χ4v) is 5.11. The fraction of sp³-hybridized carbons (Fsp3) is 0.579. The largest absolute Gasteiger partial charge is 0.493 e. The normalized spacial score (nSPS) is 34.0. The molecular formula is C19H22O5. The van der Waals surface area contributed by atoms with Gasteiger partial charge in [0.15, 0.2) is 11.5 Å². The molecule has 24 heavy (non-hydrogen) atoms. The van der Waals surface area contributed by atoms with Crippen molar-refractivity contribution in [1.82, 2.24) is 0 Å². The van der Waals surface area contributed by atoms with Crippen LogP contribution in [0.3, 0.4) is 0 Å². The molecule has 0 bridgehead atoms. The summed E-state index contributed by atoms with van der Waals surface area (Å²) >= 11 is 0. The highest BCUT2D eigenvalue weighted by molar-refractivity contribution is 5.93. The number of Topliss-reactive ketones (excluding diaryl/α,β-unsaturated/α-hetero) is 1. The summed E-state index contributed by atoms with van der Waals surface area (Å²) < 4.78 is 16.4. The second-order valence-corrected chi connectivity index (χ2v) is 7.13. The van der Waals surface area contributed by atoms with Crippen molar-refractivity contribution < 1.29 is 23.8 Å². The predicted octanol–water partition coefficient (Wildman–Crippen LogP) is 2.69. The number of esters is 1. The summed E-state index contributed by atoms with van der Waals surface area (Å²) in [5.41, 5.74) is -0.110. The second-order valence-electron chi connectivity index (χ2n) is 7.13. The van der Waals surface area contributed by atoms with E-state index in [9.17, 15) is 9.59 Å². The number of hydrogen-bond acceptors (Lipinski definition) is 5. The Kier molecular flexibility index (Phi) is 3.37. The molecule has 1 heterocycles.